The van der Waals surface area contributed by atoms with Gasteiger partial charge in [-0.25, -0.2) is 0 Å². The molecule has 0 N–H and O–H groups in total. The van der Waals surface area contributed by atoms with Crippen molar-refractivity contribution in [1.82, 2.24) is 0 Å². The normalized spacial score (nSPS) is 14.2. The van der Waals surface area contributed by atoms with Crippen LogP contribution >= 0.6 is 0 Å². The van der Waals surface area contributed by atoms with Crippen molar-refractivity contribution in [3.05, 3.63) is 35.4 Å². The van der Waals surface area contributed by atoms with Crippen LogP contribution in [-0.4, -0.2) is 16.9 Å². The topological polar surface area (TPSA) is 0 Å². The minimum atomic E-state index is -4.24. The number of halogens is 3. The molecule has 0 amide bonds. The molecule has 1 aromatic rings. The molecule has 0 saturated carbocycles. The molecule has 70 valence electrons. The molecule has 0 aromatic heterocycles. The average Bonchev–Trinajstić information content (AvgIpc) is 2.03. The number of hydrogen-bond acceptors (Lipinski definition) is 0. The molecule has 1 atom stereocenters. The Morgan fingerprint density at radius 3 is 2.38 bits per heavy atom. The van der Waals surface area contributed by atoms with Crippen LogP contribution in [0.3, 0.4) is 0 Å². The van der Waals surface area contributed by atoms with Crippen LogP contribution in [0, 0.1) is 0 Å². The molecule has 1 rings (SSSR count). The molecule has 13 heavy (non-hydrogen) atoms. The van der Waals surface area contributed by atoms with Crippen molar-refractivity contribution >= 4 is 16.9 Å². The third kappa shape index (κ3) is 2.77. The maximum atomic E-state index is 12.2. The molecule has 0 spiro atoms. The quantitative estimate of drug-likeness (QED) is 0.670. The van der Waals surface area contributed by atoms with Gasteiger partial charge < -0.3 is 0 Å². The number of alkyl halides is 3. The van der Waals surface area contributed by atoms with E-state index in [1.54, 1.807) is 6.07 Å². The second kappa shape index (κ2) is 3.75. The molecule has 0 bridgehead atoms. The molecular weight excluding hydrogens is 240 g/mol. The van der Waals surface area contributed by atoms with Crippen LogP contribution < -0.4 is 0 Å². The first-order valence-corrected chi connectivity index (χ1v) is 4.85. The van der Waals surface area contributed by atoms with Gasteiger partial charge in [0.2, 0.25) is 0 Å². The van der Waals surface area contributed by atoms with E-state index in [9.17, 15) is 13.2 Å². The van der Waals surface area contributed by atoms with Gasteiger partial charge in [0.15, 0.2) is 0 Å². The van der Waals surface area contributed by atoms with Crippen LogP contribution in [0.15, 0.2) is 24.3 Å². The zero-order valence-corrected chi connectivity index (χ0v) is 8.84. The summed E-state index contributed by atoms with van der Waals surface area (Å²) in [7, 11) is 0. The SMILES string of the molecule is CC([As])c1cccc(C(F)(F)F)c1. The zero-order chi connectivity index (χ0) is 10.1. The van der Waals surface area contributed by atoms with E-state index in [0.29, 0.717) is 5.56 Å². The van der Waals surface area contributed by atoms with Gasteiger partial charge in [0, 0.05) is 0 Å². The van der Waals surface area contributed by atoms with Crippen LogP contribution in [-0.2, 0) is 6.18 Å². The molecule has 2 radical (unpaired) electrons. The molecule has 0 aliphatic heterocycles. The van der Waals surface area contributed by atoms with E-state index in [1.807, 2.05) is 6.92 Å². The van der Waals surface area contributed by atoms with Crippen molar-refractivity contribution in [3.63, 3.8) is 0 Å². The van der Waals surface area contributed by atoms with Gasteiger partial charge in [-0.2, -0.15) is 0 Å². The molecule has 0 saturated heterocycles. The summed E-state index contributed by atoms with van der Waals surface area (Å²) in [5, 5.41) is 0. The molecule has 0 fully saturated rings. The Balaban J connectivity index is 3.06. The Kier molecular flexibility index (Phi) is 3.07. The summed E-state index contributed by atoms with van der Waals surface area (Å²) in [5.74, 6) is 0. The molecule has 0 aliphatic carbocycles. The van der Waals surface area contributed by atoms with E-state index < -0.39 is 11.7 Å². The van der Waals surface area contributed by atoms with E-state index >= 15 is 0 Å². The van der Waals surface area contributed by atoms with E-state index in [2.05, 4.69) is 16.9 Å². The molecular formula is C9H8AsF3. The fraction of sp³-hybridized carbons (Fsp3) is 0.333. The van der Waals surface area contributed by atoms with Crippen LogP contribution in [0.2, 0.25) is 0 Å². The Labute approximate surface area is 83.6 Å². The van der Waals surface area contributed by atoms with Gasteiger partial charge in [-0.1, -0.05) is 0 Å². The standard InChI is InChI=1S/C9H8AsF3/c1-6(10)7-3-2-4-8(5-7)9(11,12)13/h2-6H,1H3. The summed E-state index contributed by atoms with van der Waals surface area (Å²) < 4.78 is 36.7. The van der Waals surface area contributed by atoms with Gasteiger partial charge >= 0.3 is 83.2 Å². The predicted octanol–water partition coefficient (Wildman–Crippen LogP) is 2.93. The Morgan fingerprint density at radius 1 is 1.31 bits per heavy atom. The van der Waals surface area contributed by atoms with Gasteiger partial charge in [-0.3, -0.25) is 0 Å². The maximum absolute atomic E-state index is 12.2. The number of benzene rings is 1. The van der Waals surface area contributed by atoms with Crippen LogP contribution in [0.1, 0.15) is 22.8 Å². The van der Waals surface area contributed by atoms with Crippen LogP contribution in [0.5, 0.6) is 0 Å². The van der Waals surface area contributed by atoms with E-state index in [0.717, 1.165) is 6.07 Å². The fourth-order valence-electron chi connectivity index (χ4n) is 0.975. The zero-order valence-electron chi connectivity index (χ0n) is 6.97. The molecule has 4 heteroatoms. The minimum absolute atomic E-state index is 0.0646. The summed E-state index contributed by atoms with van der Waals surface area (Å²) in [6.45, 7) is 1.84. The van der Waals surface area contributed by atoms with Gasteiger partial charge in [0.05, 0.1) is 0 Å². The summed E-state index contributed by atoms with van der Waals surface area (Å²) in [4.78, 5) is 0. The molecule has 1 aromatic carbocycles. The molecule has 0 nitrogen and oxygen atoms in total. The molecule has 1 unspecified atom stereocenters. The molecule has 0 heterocycles. The number of rotatable bonds is 1. The average molecular weight is 248 g/mol. The summed E-state index contributed by atoms with van der Waals surface area (Å²) >= 11 is 2.32. The number of hydrogen-bond donors (Lipinski definition) is 0. The summed E-state index contributed by atoms with van der Waals surface area (Å²) in [6.07, 6.45) is -4.24. The predicted molar refractivity (Wildman–Crippen MR) is 45.6 cm³/mol. The first-order chi connectivity index (χ1) is 5.91. The first-order valence-electron chi connectivity index (χ1n) is 3.76. The van der Waals surface area contributed by atoms with Crippen molar-refractivity contribution < 1.29 is 13.2 Å². The second-order valence-electron chi connectivity index (χ2n) is 2.80. The third-order valence-corrected chi connectivity index (χ3v) is 2.32. The first kappa shape index (κ1) is 10.6. The molecule has 0 aliphatic rings. The van der Waals surface area contributed by atoms with Gasteiger partial charge in [-0.15, -0.1) is 0 Å². The van der Waals surface area contributed by atoms with Crippen molar-refractivity contribution in [1.29, 1.82) is 0 Å². The van der Waals surface area contributed by atoms with Crippen molar-refractivity contribution in [2.24, 2.45) is 0 Å². The van der Waals surface area contributed by atoms with Crippen molar-refractivity contribution in [2.75, 3.05) is 0 Å². The second-order valence-corrected chi connectivity index (χ2v) is 4.42. The Bertz CT molecular complexity index is 291. The van der Waals surface area contributed by atoms with E-state index in [-0.39, 0.29) is 4.71 Å². The summed E-state index contributed by atoms with van der Waals surface area (Å²) in [6, 6.07) is 5.39. The third-order valence-electron chi connectivity index (χ3n) is 1.70. The monoisotopic (exact) mass is 248 g/mol. The Morgan fingerprint density at radius 2 is 1.92 bits per heavy atom. The fourth-order valence-corrected chi connectivity index (χ4v) is 1.31. The van der Waals surface area contributed by atoms with Crippen molar-refractivity contribution in [2.45, 2.75) is 17.8 Å². The Hall–Kier alpha value is -0.432. The van der Waals surface area contributed by atoms with Gasteiger partial charge in [-0.05, 0) is 0 Å². The van der Waals surface area contributed by atoms with E-state index in [4.69, 9.17) is 0 Å². The van der Waals surface area contributed by atoms with Crippen molar-refractivity contribution in [3.8, 4) is 0 Å². The van der Waals surface area contributed by atoms with E-state index in [1.165, 1.54) is 12.1 Å². The van der Waals surface area contributed by atoms with Gasteiger partial charge in [0.25, 0.3) is 0 Å². The van der Waals surface area contributed by atoms with Gasteiger partial charge in [0.1, 0.15) is 0 Å². The summed E-state index contributed by atoms with van der Waals surface area (Å²) in [5.41, 5.74) is 0.109. The van der Waals surface area contributed by atoms with Crippen LogP contribution in [0.25, 0.3) is 0 Å². The van der Waals surface area contributed by atoms with Crippen LogP contribution in [0.4, 0.5) is 13.2 Å².